The molecular weight excluding hydrogens is 356 g/mol. The van der Waals surface area contributed by atoms with Gasteiger partial charge in [0.25, 0.3) is 11.7 Å². The van der Waals surface area contributed by atoms with Gasteiger partial charge in [-0.05, 0) is 49.6 Å². The molecule has 0 saturated carbocycles. The maximum Gasteiger partial charge on any atom is 0.295 e. The van der Waals surface area contributed by atoms with Crippen molar-refractivity contribution in [2.45, 2.75) is 26.3 Å². The third-order valence-electron chi connectivity index (χ3n) is 5.04. The van der Waals surface area contributed by atoms with Crippen LogP contribution in [0.25, 0.3) is 5.76 Å². The van der Waals surface area contributed by atoms with Gasteiger partial charge < -0.3 is 14.7 Å². The smallest absolute Gasteiger partial charge is 0.295 e. The second-order valence-corrected chi connectivity index (χ2v) is 6.89. The summed E-state index contributed by atoms with van der Waals surface area (Å²) in [5, 5.41) is 11.0. The molecule has 1 aliphatic heterocycles. The fourth-order valence-corrected chi connectivity index (χ4v) is 3.38. The number of aryl methyl sites for hydroxylation is 2. The van der Waals surface area contributed by atoms with E-state index < -0.39 is 17.7 Å². The van der Waals surface area contributed by atoms with E-state index in [4.69, 9.17) is 4.74 Å². The van der Waals surface area contributed by atoms with Crippen molar-refractivity contribution in [3.05, 3.63) is 70.6 Å². The average Bonchev–Trinajstić information content (AvgIpc) is 2.95. The fourth-order valence-electron chi connectivity index (χ4n) is 3.38. The van der Waals surface area contributed by atoms with Crippen LogP contribution in [0.4, 0.5) is 0 Å². The molecule has 3 rings (SSSR count). The van der Waals surface area contributed by atoms with Crippen LogP contribution in [0.1, 0.15) is 34.8 Å². The summed E-state index contributed by atoms with van der Waals surface area (Å²) in [6, 6.07) is 10.1. The first-order chi connectivity index (χ1) is 13.5. The van der Waals surface area contributed by atoms with Gasteiger partial charge >= 0.3 is 0 Å². The largest absolute Gasteiger partial charge is 0.507 e. The second kappa shape index (κ2) is 8.35. The Bertz CT molecular complexity index is 921. The Morgan fingerprint density at radius 2 is 1.96 bits per heavy atom. The molecule has 1 fully saturated rings. The van der Waals surface area contributed by atoms with E-state index in [0.717, 1.165) is 11.1 Å². The van der Waals surface area contributed by atoms with Gasteiger partial charge in [0.1, 0.15) is 11.8 Å². The maximum absolute atomic E-state index is 12.8. The fraction of sp³-hybridized carbons (Fsp3) is 0.318. The first-order valence-corrected chi connectivity index (χ1v) is 9.21. The molecule has 6 heteroatoms. The predicted molar refractivity (Wildman–Crippen MR) is 106 cm³/mol. The molecule has 1 aliphatic rings. The van der Waals surface area contributed by atoms with Gasteiger partial charge in [0, 0.05) is 32.0 Å². The van der Waals surface area contributed by atoms with Crippen LogP contribution in [0.2, 0.25) is 0 Å². The number of benzene rings is 1. The summed E-state index contributed by atoms with van der Waals surface area (Å²) in [4.78, 5) is 31.4. The second-order valence-electron chi connectivity index (χ2n) is 6.89. The van der Waals surface area contributed by atoms with Crippen LogP contribution in [-0.4, -0.2) is 46.9 Å². The van der Waals surface area contributed by atoms with Crippen LogP contribution in [0.3, 0.4) is 0 Å². The first-order valence-electron chi connectivity index (χ1n) is 9.21. The van der Waals surface area contributed by atoms with Crippen LogP contribution < -0.4 is 0 Å². The lowest BCUT2D eigenvalue weighted by Gasteiger charge is -2.24. The van der Waals surface area contributed by atoms with Gasteiger partial charge in [0.15, 0.2) is 0 Å². The summed E-state index contributed by atoms with van der Waals surface area (Å²) in [6.07, 6.45) is 2.19. The summed E-state index contributed by atoms with van der Waals surface area (Å²) in [6.45, 7) is 4.71. The van der Waals surface area contributed by atoms with Gasteiger partial charge in [0.2, 0.25) is 0 Å². The average molecular weight is 380 g/mol. The van der Waals surface area contributed by atoms with Crippen LogP contribution in [0.15, 0.2) is 48.2 Å². The number of aliphatic hydroxyl groups is 1. The number of likely N-dealkylation sites (tertiary alicyclic amines) is 1. The molecule has 0 spiro atoms. The number of carbonyl (C=O) groups is 2. The molecule has 6 nitrogen and oxygen atoms in total. The molecule has 0 radical (unpaired) electrons. The quantitative estimate of drug-likeness (QED) is 0.360. The van der Waals surface area contributed by atoms with Crippen molar-refractivity contribution in [3.63, 3.8) is 0 Å². The molecule has 0 bridgehead atoms. The number of carbonyl (C=O) groups excluding carboxylic acids is 2. The molecule has 1 amide bonds. The molecule has 1 N–H and O–H groups in total. The van der Waals surface area contributed by atoms with Gasteiger partial charge in [-0.15, -0.1) is 0 Å². The minimum atomic E-state index is -0.723. The normalized spacial score (nSPS) is 18.7. The van der Waals surface area contributed by atoms with Crippen LogP contribution in [-0.2, 0) is 14.3 Å². The number of ether oxygens (including phenoxy) is 1. The molecule has 1 saturated heterocycles. The molecule has 28 heavy (non-hydrogen) atoms. The van der Waals surface area contributed by atoms with Crippen molar-refractivity contribution in [1.82, 2.24) is 9.88 Å². The van der Waals surface area contributed by atoms with Crippen molar-refractivity contribution >= 4 is 17.4 Å². The number of rotatable bonds is 6. The van der Waals surface area contributed by atoms with Gasteiger partial charge in [-0.3, -0.25) is 14.6 Å². The summed E-state index contributed by atoms with van der Waals surface area (Å²) in [7, 11) is 1.59. The Morgan fingerprint density at radius 1 is 1.18 bits per heavy atom. The zero-order chi connectivity index (χ0) is 20.3. The Kier molecular flexibility index (Phi) is 5.90. The predicted octanol–water partition coefficient (Wildman–Crippen LogP) is 3.16. The topological polar surface area (TPSA) is 79.7 Å². The number of pyridine rings is 1. The van der Waals surface area contributed by atoms with Gasteiger partial charge in [-0.2, -0.15) is 0 Å². The highest BCUT2D eigenvalue weighted by molar-refractivity contribution is 6.46. The number of amides is 1. The van der Waals surface area contributed by atoms with E-state index in [-0.39, 0.29) is 11.3 Å². The first kappa shape index (κ1) is 19.8. The number of methoxy groups -OCH3 is 1. The molecule has 1 unspecified atom stereocenters. The zero-order valence-corrected chi connectivity index (χ0v) is 16.3. The molecule has 0 aliphatic carbocycles. The molecule has 146 valence electrons. The maximum atomic E-state index is 12.8. The molecule has 2 aromatic rings. The number of Topliss-reactive ketones (excluding diaryl/α,β-unsaturated/α-hetero) is 1. The summed E-state index contributed by atoms with van der Waals surface area (Å²) in [5.74, 6) is -1.49. The molecule has 1 atom stereocenters. The number of aromatic nitrogens is 1. The minimum Gasteiger partial charge on any atom is -0.507 e. The van der Waals surface area contributed by atoms with Gasteiger partial charge in [-0.25, -0.2) is 0 Å². The lowest BCUT2D eigenvalue weighted by atomic mass is 9.96. The SMILES string of the molecule is COCCCN1C(=O)C(=O)/C(=C(\O)c2ccc(C)c(C)c2)C1c1ccccn1. The number of hydrogen-bond acceptors (Lipinski definition) is 5. The van der Waals surface area contributed by atoms with Crippen molar-refractivity contribution in [2.75, 3.05) is 20.3 Å². The van der Waals surface area contributed by atoms with E-state index >= 15 is 0 Å². The Morgan fingerprint density at radius 3 is 2.61 bits per heavy atom. The Balaban J connectivity index is 2.12. The molecule has 1 aromatic carbocycles. The highest BCUT2D eigenvalue weighted by Crippen LogP contribution is 2.38. The summed E-state index contributed by atoms with van der Waals surface area (Å²) >= 11 is 0. The van der Waals surface area contributed by atoms with Crippen LogP contribution >= 0.6 is 0 Å². The molecular formula is C22H24N2O4. The monoisotopic (exact) mass is 380 g/mol. The van der Waals surface area contributed by atoms with Gasteiger partial charge in [0.05, 0.1) is 11.3 Å². The van der Waals surface area contributed by atoms with E-state index in [0.29, 0.717) is 30.8 Å². The zero-order valence-electron chi connectivity index (χ0n) is 16.3. The van der Waals surface area contributed by atoms with Crippen molar-refractivity contribution in [2.24, 2.45) is 0 Å². The van der Waals surface area contributed by atoms with E-state index in [1.165, 1.54) is 4.90 Å². The van der Waals surface area contributed by atoms with E-state index in [1.54, 1.807) is 37.6 Å². The Labute approximate surface area is 164 Å². The van der Waals surface area contributed by atoms with Crippen LogP contribution in [0.5, 0.6) is 0 Å². The third-order valence-corrected chi connectivity index (χ3v) is 5.04. The number of ketones is 1. The van der Waals surface area contributed by atoms with E-state index in [2.05, 4.69) is 4.98 Å². The van der Waals surface area contributed by atoms with Crippen molar-refractivity contribution < 1.29 is 19.4 Å². The highest BCUT2D eigenvalue weighted by atomic mass is 16.5. The Hall–Kier alpha value is -2.99. The van der Waals surface area contributed by atoms with Crippen molar-refractivity contribution in [1.29, 1.82) is 0 Å². The molecule has 2 heterocycles. The van der Waals surface area contributed by atoms with E-state index in [9.17, 15) is 14.7 Å². The third kappa shape index (κ3) is 3.68. The molecule has 1 aromatic heterocycles. The minimum absolute atomic E-state index is 0.0735. The highest BCUT2D eigenvalue weighted by Gasteiger charge is 2.46. The standard InChI is InChI=1S/C22H24N2O4/c1-14-8-9-16(13-15(14)2)20(25)18-19(17-7-4-5-10-23-17)24(11-6-12-28-3)22(27)21(18)26/h4-5,7-10,13,19,25H,6,11-12H2,1-3H3/b20-18-. The van der Waals surface area contributed by atoms with Crippen LogP contribution in [0, 0.1) is 13.8 Å². The van der Waals surface area contributed by atoms with E-state index in [1.807, 2.05) is 26.0 Å². The summed E-state index contributed by atoms with van der Waals surface area (Å²) in [5.41, 5.74) is 3.21. The lowest BCUT2D eigenvalue weighted by Crippen LogP contribution is -2.31. The lowest BCUT2D eigenvalue weighted by molar-refractivity contribution is -0.140. The van der Waals surface area contributed by atoms with Gasteiger partial charge in [-0.1, -0.05) is 18.2 Å². The number of nitrogens with zero attached hydrogens (tertiary/aromatic N) is 2. The number of hydrogen-bond donors (Lipinski definition) is 1. The summed E-state index contributed by atoms with van der Waals surface area (Å²) < 4.78 is 5.07. The van der Waals surface area contributed by atoms with Crippen molar-refractivity contribution in [3.8, 4) is 0 Å². The number of aliphatic hydroxyl groups excluding tert-OH is 1.